The smallest absolute Gasteiger partial charge is 0.268 e. The Morgan fingerprint density at radius 3 is 2.53 bits per heavy atom. The average Bonchev–Trinajstić information content (AvgIpc) is 2.51. The van der Waals surface area contributed by atoms with Crippen LogP contribution in [0.15, 0.2) is 0 Å². The van der Waals surface area contributed by atoms with Gasteiger partial charge >= 0.3 is 0 Å². The summed E-state index contributed by atoms with van der Waals surface area (Å²) in [4.78, 5) is 12.7. The number of nitrogens with two attached hydrogens (primary N) is 1. The molecular formula is C10H16ClF2N3O. The number of carbonyl (C=O) groups is 1. The van der Waals surface area contributed by atoms with Gasteiger partial charge < -0.3 is 10.6 Å². The number of hydrogen-bond donors (Lipinski definition) is 1. The van der Waals surface area contributed by atoms with Crippen LogP contribution in [0.1, 0.15) is 20.3 Å². The van der Waals surface area contributed by atoms with Crippen molar-refractivity contribution in [2.75, 3.05) is 6.54 Å². The first kappa shape index (κ1) is 16.1. The molecule has 1 aliphatic heterocycles. The number of halogens is 3. The highest BCUT2D eigenvalue weighted by Gasteiger charge is 2.48. The van der Waals surface area contributed by atoms with Gasteiger partial charge in [-0.05, 0) is 5.92 Å². The first-order chi connectivity index (χ1) is 7.28. The fourth-order valence-electron chi connectivity index (χ4n) is 1.64. The standard InChI is InChI=1S/C10H15F2N3O.ClH/c1-6(2)8(14)9(16)15-5-10(11,12)3-7(15)4-13;/h6-8H,3,5,14H2,1-2H3;1H/t7-,8+;/m0./s1. The van der Waals surface area contributed by atoms with E-state index in [1.54, 1.807) is 19.9 Å². The molecule has 1 saturated heterocycles. The molecule has 0 aromatic carbocycles. The van der Waals surface area contributed by atoms with Gasteiger partial charge in [-0.1, -0.05) is 13.8 Å². The molecular weight excluding hydrogens is 252 g/mol. The van der Waals surface area contributed by atoms with E-state index in [2.05, 4.69) is 0 Å². The van der Waals surface area contributed by atoms with Crippen molar-refractivity contribution < 1.29 is 13.6 Å². The molecule has 1 rings (SSSR count). The molecule has 2 N–H and O–H groups in total. The molecule has 1 heterocycles. The molecule has 98 valence electrons. The summed E-state index contributed by atoms with van der Waals surface area (Å²) in [5.41, 5.74) is 5.60. The molecule has 0 bridgehead atoms. The summed E-state index contributed by atoms with van der Waals surface area (Å²) in [5, 5.41) is 8.72. The lowest BCUT2D eigenvalue weighted by molar-refractivity contribution is -0.134. The molecule has 0 radical (unpaired) electrons. The Morgan fingerprint density at radius 2 is 2.12 bits per heavy atom. The summed E-state index contributed by atoms with van der Waals surface area (Å²) >= 11 is 0. The predicted octanol–water partition coefficient (Wildman–Crippen LogP) is 1.15. The Kier molecular flexibility index (Phi) is 5.30. The van der Waals surface area contributed by atoms with Crippen molar-refractivity contribution in [1.29, 1.82) is 5.26 Å². The fraction of sp³-hybridized carbons (Fsp3) is 0.800. The normalized spacial score (nSPS) is 24.1. The predicted molar refractivity (Wildman–Crippen MR) is 60.7 cm³/mol. The lowest BCUT2D eigenvalue weighted by Gasteiger charge is -2.24. The molecule has 0 aliphatic carbocycles. The van der Waals surface area contributed by atoms with Crippen LogP contribution in [-0.2, 0) is 4.79 Å². The van der Waals surface area contributed by atoms with E-state index in [1.165, 1.54) is 0 Å². The highest BCUT2D eigenvalue weighted by atomic mass is 35.5. The van der Waals surface area contributed by atoms with Gasteiger partial charge in [0.2, 0.25) is 5.91 Å². The Balaban J connectivity index is 0.00000256. The van der Waals surface area contributed by atoms with Gasteiger partial charge in [-0.2, -0.15) is 5.26 Å². The van der Waals surface area contributed by atoms with E-state index in [0.29, 0.717) is 0 Å². The zero-order chi connectivity index (χ0) is 12.5. The van der Waals surface area contributed by atoms with E-state index < -0.39 is 36.9 Å². The van der Waals surface area contributed by atoms with Crippen molar-refractivity contribution in [1.82, 2.24) is 4.90 Å². The number of nitrogens with zero attached hydrogens (tertiary/aromatic N) is 2. The van der Waals surface area contributed by atoms with Crippen LogP contribution in [0, 0.1) is 17.2 Å². The van der Waals surface area contributed by atoms with Gasteiger partial charge in [0.25, 0.3) is 5.92 Å². The van der Waals surface area contributed by atoms with Gasteiger partial charge in [0, 0.05) is 6.42 Å². The molecule has 0 aromatic heterocycles. The maximum absolute atomic E-state index is 13.1. The van der Waals surface area contributed by atoms with Crippen LogP contribution in [0.25, 0.3) is 0 Å². The summed E-state index contributed by atoms with van der Waals surface area (Å²) in [6.45, 7) is 2.76. The summed E-state index contributed by atoms with van der Waals surface area (Å²) in [6.07, 6.45) is -0.597. The molecule has 0 spiro atoms. The van der Waals surface area contributed by atoms with E-state index in [0.717, 1.165) is 4.90 Å². The maximum Gasteiger partial charge on any atom is 0.268 e. The third-order valence-corrected chi connectivity index (χ3v) is 2.71. The second-order valence-corrected chi connectivity index (χ2v) is 4.44. The molecule has 4 nitrogen and oxygen atoms in total. The molecule has 1 amide bonds. The van der Waals surface area contributed by atoms with Gasteiger partial charge in [-0.25, -0.2) is 8.78 Å². The first-order valence-electron chi connectivity index (χ1n) is 5.12. The minimum atomic E-state index is -2.98. The van der Waals surface area contributed by atoms with Crippen molar-refractivity contribution in [3.63, 3.8) is 0 Å². The molecule has 1 fully saturated rings. The Labute approximate surface area is 105 Å². The Bertz CT molecular complexity index is 330. The molecule has 0 aromatic rings. The number of rotatable bonds is 2. The van der Waals surface area contributed by atoms with Crippen LogP contribution in [-0.4, -0.2) is 35.4 Å². The largest absolute Gasteiger partial charge is 0.320 e. The first-order valence-corrected chi connectivity index (χ1v) is 5.12. The number of carbonyl (C=O) groups excluding carboxylic acids is 1. The van der Waals surface area contributed by atoms with E-state index in [4.69, 9.17) is 11.0 Å². The lowest BCUT2D eigenvalue weighted by atomic mass is 10.0. The number of alkyl halides is 2. The molecule has 17 heavy (non-hydrogen) atoms. The van der Waals surface area contributed by atoms with Crippen LogP contribution in [0.3, 0.4) is 0 Å². The molecule has 2 atom stereocenters. The number of likely N-dealkylation sites (tertiary alicyclic amines) is 1. The van der Waals surface area contributed by atoms with Crippen molar-refractivity contribution in [2.45, 2.75) is 38.3 Å². The zero-order valence-electron chi connectivity index (χ0n) is 9.69. The van der Waals surface area contributed by atoms with E-state index in [9.17, 15) is 13.6 Å². The van der Waals surface area contributed by atoms with Gasteiger partial charge in [0.1, 0.15) is 6.04 Å². The second kappa shape index (κ2) is 5.61. The van der Waals surface area contributed by atoms with E-state index in [1.807, 2.05) is 0 Å². The van der Waals surface area contributed by atoms with Crippen LogP contribution in [0.4, 0.5) is 8.78 Å². The van der Waals surface area contributed by atoms with Crippen LogP contribution < -0.4 is 5.73 Å². The minimum absolute atomic E-state index is 0. The minimum Gasteiger partial charge on any atom is -0.320 e. The van der Waals surface area contributed by atoms with Crippen molar-refractivity contribution in [2.24, 2.45) is 11.7 Å². The maximum atomic E-state index is 13.1. The van der Waals surface area contributed by atoms with Crippen molar-refractivity contribution in [3.05, 3.63) is 0 Å². The van der Waals surface area contributed by atoms with Crippen LogP contribution >= 0.6 is 12.4 Å². The van der Waals surface area contributed by atoms with Crippen LogP contribution in [0.2, 0.25) is 0 Å². The Morgan fingerprint density at radius 1 is 1.59 bits per heavy atom. The monoisotopic (exact) mass is 267 g/mol. The molecule has 7 heteroatoms. The number of nitriles is 1. The average molecular weight is 268 g/mol. The van der Waals surface area contributed by atoms with Gasteiger partial charge in [-0.15, -0.1) is 12.4 Å². The summed E-state index contributed by atoms with van der Waals surface area (Å²) < 4.78 is 26.1. The zero-order valence-corrected chi connectivity index (χ0v) is 10.5. The molecule has 0 unspecified atom stereocenters. The summed E-state index contributed by atoms with van der Waals surface area (Å²) in [5.74, 6) is -3.69. The number of amides is 1. The third kappa shape index (κ3) is 3.51. The fourth-order valence-corrected chi connectivity index (χ4v) is 1.64. The van der Waals surface area contributed by atoms with Gasteiger partial charge in [0.05, 0.1) is 18.7 Å². The SMILES string of the molecule is CC(C)[C@@H](N)C(=O)N1CC(F)(F)C[C@H]1C#N.Cl. The molecule has 1 aliphatic rings. The highest BCUT2D eigenvalue weighted by molar-refractivity contribution is 5.85. The van der Waals surface area contributed by atoms with E-state index >= 15 is 0 Å². The molecule has 0 saturated carbocycles. The second-order valence-electron chi connectivity index (χ2n) is 4.44. The van der Waals surface area contributed by atoms with Crippen molar-refractivity contribution in [3.8, 4) is 6.07 Å². The van der Waals surface area contributed by atoms with Gasteiger partial charge in [-0.3, -0.25) is 4.79 Å². The number of hydrogen-bond acceptors (Lipinski definition) is 3. The van der Waals surface area contributed by atoms with E-state index in [-0.39, 0.29) is 18.3 Å². The summed E-state index contributed by atoms with van der Waals surface area (Å²) in [6, 6.07) is -0.178. The third-order valence-electron chi connectivity index (χ3n) is 2.71. The topological polar surface area (TPSA) is 70.1 Å². The Hall–Kier alpha value is -0.930. The van der Waals surface area contributed by atoms with Crippen molar-refractivity contribution >= 4 is 18.3 Å². The quantitative estimate of drug-likeness (QED) is 0.816. The lowest BCUT2D eigenvalue weighted by Crippen LogP contribution is -2.48. The highest BCUT2D eigenvalue weighted by Crippen LogP contribution is 2.32. The van der Waals surface area contributed by atoms with Gasteiger partial charge in [0.15, 0.2) is 0 Å². The van der Waals surface area contributed by atoms with Crippen LogP contribution in [0.5, 0.6) is 0 Å². The summed E-state index contributed by atoms with van der Waals surface area (Å²) in [7, 11) is 0.